The normalized spacial score (nSPS) is 10.0. The Labute approximate surface area is 87.7 Å². The Bertz CT molecular complexity index is 313. The summed E-state index contributed by atoms with van der Waals surface area (Å²) in [6.45, 7) is 2.00. The Morgan fingerprint density at radius 1 is 1.77 bits per heavy atom. The fourth-order valence-electron chi connectivity index (χ4n) is 0.742. The van der Waals surface area contributed by atoms with Crippen molar-refractivity contribution >= 4 is 33.2 Å². The molecule has 0 aliphatic carbocycles. The van der Waals surface area contributed by atoms with Gasteiger partial charge in [-0.3, -0.25) is 0 Å². The van der Waals surface area contributed by atoms with E-state index in [0.29, 0.717) is 16.9 Å². The number of carbonyl (C=O) groups excluding carboxylic acids is 1. The highest BCUT2D eigenvalue weighted by Crippen LogP contribution is 2.26. The molecule has 0 radical (unpaired) electrons. The molecule has 0 spiro atoms. The maximum Gasteiger partial charge on any atom is 0.353 e. The van der Waals surface area contributed by atoms with Crippen molar-refractivity contribution in [1.82, 2.24) is 4.98 Å². The summed E-state index contributed by atoms with van der Waals surface area (Å²) < 4.78 is 4.72. The lowest BCUT2D eigenvalue weighted by Crippen LogP contribution is -2.02. The summed E-state index contributed by atoms with van der Waals surface area (Å²) in [6.07, 6.45) is 0. The molecule has 0 aromatic carbocycles. The van der Waals surface area contributed by atoms with Crippen LogP contribution in [-0.2, 0) is 10.1 Å². The van der Waals surface area contributed by atoms with Crippen molar-refractivity contribution < 1.29 is 14.6 Å². The van der Waals surface area contributed by atoms with Crippen LogP contribution in [0.2, 0.25) is 0 Å². The second kappa shape index (κ2) is 4.57. The van der Waals surface area contributed by atoms with Gasteiger partial charge in [0.1, 0.15) is 5.01 Å². The number of nitrogens with zero attached hydrogens (tertiary/aromatic N) is 1. The molecule has 0 aliphatic rings. The van der Waals surface area contributed by atoms with Crippen molar-refractivity contribution in [2.24, 2.45) is 0 Å². The number of alkyl halides is 1. The number of halogens is 1. The van der Waals surface area contributed by atoms with Crippen LogP contribution >= 0.6 is 27.3 Å². The molecule has 0 saturated carbocycles. The minimum absolute atomic E-state index is 0.163. The fourth-order valence-corrected chi connectivity index (χ4v) is 1.91. The molecule has 0 fully saturated rings. The molecule has 72 valence electrons. The minimum Gasteiger partial charge on any atom is -0.492 e. The Hall–Kier alpha value is -0.620. The van der Waals surface area contributed by atoms with Crippen LogP contribution in [0.15, 0.2) is 0 Å². The van der Waals surface area contributed by atoms with Gasteiger partial charge in [-0.15, -0.1) is 11.3 Å². The molecular formula is C7H8BrNO3S. The van der Waals surface area contributed by atoms with Gasteiger partial charge >= 0.3 is 5.97 Å². The van der Waals surface area contributed by atoms with Gasteiger partial charge in [0.05, 0.1) is 11.9 Å². The van der Waals surface area contributed by atoms with E-state index in [1.165, 1.54) is 0 Å². The van der Waals surface area contributed by atoms with Gasteiger partial charge in [-0.25, -0.2) is 9.78 Å². The van der Waals surface area contributed by atoms with E-state index in [-0.39, 0.29) is 10.8 Å². The van der Waals surface area contributed by atoms with Crippen LogP contribution < -0.4 is 0 Å². The number of ether oxygens (including phenoxy) is 1. The smallest absolute Gasteiger partial charge is 0.353 e. The summed E-state index contributed by atoms with van der Waals surface area (Å²) in [5.41, 5.74) is 0. The third-order valence-corrected chi connectivity index (χ3v) is 3.16. The molecule has 1 rings (SSSR count). The maximum atomic E-state index is 11.2. The molecule has 1 N–H and O–H groups in total. The van der Waals surface area contributed by atoms with Gasteiger partial charge in [-0.1, -0.05) is 15.9 Å². The van der Waals surface area contributed by atoms with Crippen molar-refractivity contribution in [2.75, 3.05) is 6.61 Å². The van der Waals surface area contributed by atoms with Crippen molar-refractivity contribution in [3.63, 3.8) is 0 Å². The van der Waals surface area contributed by atoms with Crippen molar-refractivity contribution in [1.29, 1.82) is 0 Å². The first kappa shape index (κ1) is 10.5. The highest BCUT2D eigenvalue weighted by atomic mass is 79.9. The average Bonchev–Trinajstić information content (AvgIpc) is 2.47. The van der Waals surface area contributed by atoms with E-state index >= 15 is 0 Å². The van der Waals surface area contributed by atoms with Gasteiger partial charge in [0.2, 0.25) is 5.88 Å². The molecule has 4 nitrogen and oxygen atoms in total. The number of aromatic nitrogens is 1. The summed E-state index contributed by atoms with van der Waals surface area (Å²) in [5, 5.41) is 10.4. The SMILES string of the molecule is CCOC(=O)c1sc(CBr)nc1O. The number of thiazole rings is 1. The van der Waals surface area contributed by atoms with E-state index in [2.05, 4.69) is 20.9 Å². The summed E-state index contributed by atoms with van der Waals surface area (Å²) in [6, 6.07) is 0. The predicted octanol–water partition coefficient (Wildman–Crippen LogP) is 1.92. The van der Waals surface area contributed by atoms with Crippen LogP contribution in [0.4, 0.5) is 0 Å². The Kier molecular flexibility index (Phi) is 3.68. The molecule has 0 aliphatic heterocycles. The third-order valence-electron chi connectivity index (χ3n) is 1.23. The van der Waals surface area contributed by atoms with Crippen LogP contribution in [0.5, 0.6) is 5.88 Å². The van der Waals surface area contributed by atoms with Gasteiger partial charge in [-0.2, -0.15) is 0 Å². The first-order valence-corrected chi connectivity index (χ1v) is 5.54. The number of hydrogen-bond acceptors (Lipinski definition) is 5. The number of esters is 1. The largest absolute Gasteiger partial charge is 0.492 e. The molecule has 0 unspecified atom stereocenters. The van der Waals surface area contributed by atoms with E-state index in [1.807, 2.05) is 0 Å². The van der Waals surface area contributed by atoms with Crippen LogP contribution in [0.3, 0.4) is 0 Å². The molecule has 1 aromatic heterocycles. The van der Waals surface area contributed by atoms with Gasteiger partial charge in [0.15, 0.2) is 4.88 Å². The second-order valence-corrected chi connectivity index (χ2v) is 3.76. The summed E-state index contributed by atoms with van der Waals surface area (Å²) >= 11 is 4.30. The number of hydrogen-bond donors (Lipinski definition) is 1. The first-order valence-electron chi connectivity index (χ1n) is 3.60. The standard InChI is InChI=1S/C7H8BrNO3S/c1-2-12-7(11)5-6(10)9-4(3-8)13-5/h10H,2-3H2,1H3. The fraction of sp³-hybridized carbons (Fsp3) is 0.429. The van der Waals surface area contributed by atoms with Gasteiger partial charge in [-0.05, 0) is 6.92 Å². The summed E-state index contributed by atoms with van der Waals surface area (Å²) in [4.78, 5) is 15.1. The minimum atomic E-state index is -0.523. The zero-order valence-corrected chi connectivity index (χ0v) is 9.31. The van der Waals surface area contributed by atoms with Gasteiger partial charge in [0, 0.05) is 0 Å². The lowest BCUT2D eigenvalue weighted by molar-refractivity contribution is 0.0528. The maximum absolute atomic E-state index is 11.2. The molecule has 13 heavy (non-hydrogen) atoms. The van der Waals surface area contributed by atoms with Crippen molar-refractivity contribution in [3.05, 3.63) is 9.88 Å². The van der Waals surface area contributed by atoms with Crippen molar-refractivity contribution in [2.45, 2.75) is 12.3 Å². The molecule has 1 heterocycles. The second-order valence-electron chi connectivity index (χ2n) is 2.11. The zero-order chi connectivity index (χ0) is 9.84. The van der Waals surface area contributed by atoms with Crippen LogP contribution in [0.1, 0.15) is 21.6 Å². The van der Waals surface area contributed by atoms with E-state index in [4.69, 9.17) is 4.74 Å². The van der Waals surface area contributed by atoms with E-state index in [0.717, 1.165) is 11.3 Å². The Morgan fingerprint density at radius 2 is 2.46 bits per heavy atom. The predicted molar refractivity (Wildman–Crippen MR) is 52.4 cm³/mol. The van der Waals surface area contributed by atoms with Crippen LogP contribution in [-0.4, -0.2) is 22.7 Å². The average molecular weight is 266 g/mol. The third kappa shape index (κ3) is 2.41. The molecule has 6 heteroatoms. The number of aromatic hydroxyl groups is 1. The topological polar surface area (TPSA) is 59.4 Å². The molecular weight excluding hydrogens is 258 g/mol. The van der Waals surface area contributed by atoms with Gasteiger partial charge < -0.3 is 9.84 Å². The van der Waals surface area contributed by atoms with Gasteiger partial charge in [0.25, 0.3) is 0 Å². The quantitative estimate of drug-likeness (QED) is 0.670. The van der Waals surface area contributed by atoms with E-state index in [9.17, 15) is 9.90 Å². The highest BCUT2D eigenvalue weighted by molar-refractivity contribution is 9.08. The number of carbonyl (C=O) groups is 1. The first-order chi connectivity index (χ1) is 6.19. The zero-order valence-electron chi connectivity index (χ0n) is 6.91. The van der Waals surface area contributed by atoms with E-state index in [1.54, 1.807) is 6.92 Å². The monoisotopic (exact) mass is 265 g/mol. The highest BCUT2D eigenvalue weighted by Gasteiger charge is 2.17. The summed E-state index contributed by atoms with van der Waals surface area (Å²) in [7, 11) is 0. The number of rotatable bonds is 3. The molecule has 0 bridgehead atoms. The molecule has 0 amide bonds. The molecule has 0 saturated heterocycles. The molecule has 1 aromatic rings. The summed E-state index contributed by atoms with van der Waals surface area (Å²) in [5.74, 6) is -0.775. The lowest BCUT2D eigenvalue weighted by atomic mass is 10.5. The molecule has 0 atom stereocenters. The lowest BCUT2D eigenvalue weighted by Gasteiger charge is -1.96. The van der Waals surface area contributed by atoms with Crippen LogP contribution in [0, 0.1) is 0 Å². The van der Waals surface area contributed by atoms with Crippen molar-refractivity contribution in [3.8, 4) is 5.88 Å². The van der Waals surface area contributed by atoms with E-state index < -0.39 is 5.97 Å². The van der Waals surface area contributed by atoms with Crippen LogP contribution in [0.25, 0.3) is 0 Å². The Morgan fingerprint density at radius 3 is 2.92 bits per heavy atom. The Balaban J connectivity index is 2.87.